The summed E-state index contributed by atoms with van der Waals surface area (Å²) in [7, 11) is 0. The van der Waals surface area contributed by atoms with Crippen LogP contribution in [-0.2, 0) is 28.6 Å². The van der Waals surface area contributed by atoms with Crippen molar-refractivity contribution in [3.8, 4) is 0 Å². The second kappa shape index (κ2) is 65.3. The molecule has 0 rings (SSSR count). The zero-order valence-electron chi connectivity index (χ0n) is 50.6. The van der Waals surface area contributed by atoms with E-state index >= 15 is 0 Å². The molecular weight excluding hydrogens is 973 g/mol. The summed E-state index contributed by atoms with van der Waals surface area (Å²) in [5, 5.41) is 0. The molecule has 0 aliphatic heterocycles. The third-order valence-corrected chi connectivity index (χ3v) is 12.7. The van der Waals surface area contributed by atoms with E-state index in [9.17, 15) is 14.4 Å². The van der Waals surface area contributed by atoms with Crippen molar-refractivity contribution in [2.75, 3.05) is 13.2 Å². The molecule has 0 N–H and O–H groups in total. The summed E-state index contributed by atoms with van der Waals surface area (Å²) in [4.78, 5) is 38.3. The average molecular weight is 1090 g/mol. The van der Waals surface area contributed by atoms with Crippen molar-refractivity contribution in [1.29, 1.82) is 0 Å². The van der Waals surface area contributed by atoms with Crippen LogP contribution < -0.4 is 0 Å². The van der Waals surface area contributed by atoms with E-state index in [0.717, 1.165) is 186 Å². The van der Waals surface area contributed by atoms with E-state index in [2.05, 4.69) is 191 Å². The Kier molecular flexibility index (Phi) is 61.0. The van der Waals surface area contributed by atoms with E-state index in [1.165, 1.54) is 25.7 Å². The van der Waals surface area contributed by atoms with Gasteiger partial charge in [0.25, 0.3) is 0 Å². The number of hydrogen-bond donors (Lipinski definition) is 0. The van der Waals surface area contributed by atoms with Crippen molar-refractivity contribution in [3.63, 3.8) is 0 Å². The molecule has 6 heteroatoms. The molecule has 0 aliphatic carbocycles. The predicted molar refractivity (Wildman–Crippen MR) is 343 cm³/mol. The molecule has 0 aromatic rings. The van der Waals surface area contributed by atoms with Gasteiger partial charge in [0.2, 0.25) is 0 Å². The number of carbonyl (C=O) groups excluding carboxylic acids is 3. The van der Waals surface area contributed by atoms with Crippen molar-refractivity contribution in [1.82, 2.24) is 0 Å². The summed E-state index contributed by atoms with van der Waals surface area (Å²) >= 11 is 0. The van der Waals surface area contributed by atoms with E-state index in [-0.39, 0.29) is 31.1 Å². The molecule has 0 fully saturated rings. The molecule has 0 heterocycles. The van der Waals surface area contributed by atoms with Gasteiger partial charge in [0.05, 0.1) is 0 Å². The number of ether oxygens (including phenoxy) is 3. The molecule has 0 saturated carbocycles. The number of carbonyl (C=O) groups is 3. The molecule has 0 saturated heterocycles. The minimum absolute atomic E-state index is 0.110. The van der Waals surface area contributed by atoms with E-state index in [0.29, 0.717) is 19.3 Å². The Hall–Kier alpha value is -5.23. The zero-order valence-corrected chi connectivity index (χ0v) is 50.6. The summed E-state index contributed by atoms with van der Waals surface area (Å²) < 4.78 is 16.8. The SMILES string of the molecule is CC/C=C\C/C=C\C/C=C\C/C=C\C/C=C\C/C=C\C/C=C\C/C=C\C/C=C\CCCCCC(=O)OCC(COC(=O)CCCCCCC/C=C\C/C=C\CCCCC)OC(=O)CCCCCCC/C=C\C/C=C\C/C=C\CC. The minimum atomic E-state index is -0.817. The first-order valence-electron chi connectivity index (χ1n) is 31.6. The molecule has 0 bridgehead atoms. The van der Waals surface area contributed by atoms with Crippen LogP contribution in [0.25, 0.3) is 0 Å². The lowest BCUT2D eigenvalue weighted by atomic mass is 10.1. The minimum Gasteiger partial charge on any atom is -0.462 e. The van der Waals surface area contributed by atoms with Gasteiger partial charge in [-0.3, -0.25) is 14.4 Å². The number of rotatable bonds is 55. The molecule has 0 amide bonds. The first-order valence-corrected chi connectivity index (χ1v) is 31.6. The lowest BCUT2D eigenvalue weighted by molar-refractivity contribution is -0.167. The number of unbranched alkanes of at least 4 members (excludes halogenated alkanes) is 16. The highest BCUT2D eigenvalue weighted by atomic mass is 16.6. The quantitative estimate of drug-likeness (QED) is 0.0261. The highest BCUT2D eigenvalue weighted by Gasteiger charge is 2.19. The van der Waals surface area contributed by atoms with Gasteiger partial charge in [-0.15, -0.1) is 0 Å². The highest BCUT2D eigenvalue weighted by Crippen LogP contribution is 2.13. The summed E-state index contributed by atoms with van der Waals surface area (Å²) in [6.45, 7) is 6.32. The molecule has 0 aliphatic rings. The summed E-state index contributed by atoms with van der Waals surface area (Å²) in [6.07, 6.45) is 96.4. The Morgan fingerprint density at radius 1 is 0.266 bits per heavy atom. The van der Waals surface area contributed by atoms with Crippen molar-refractivity contribution >= 4 is 17.9 Å². The van der Waals surface area contributed by atoms with Crippen molar-refractivity contribution in [2.45, 2.75) is 258 Å². The van der Waals surface area contributed by atoms with Crippen molar-refractivity contribution in [3.05, 3.63) is 170 Å². The Bertz CT molecular complexity index is 1820. The second-order valence-electron chi connectivity index (χ2n) is 20.2. The first-order chi connectivity index (χ1) is 39.0. The van der Waals surface area contributed by atoms with Gasteiger partial charge in [-0.1, -0.05) is 249 Å². The van der Waals surface area contributed by atoms with Gasteiger partial charge in [-0.25, -0.2) is 0 Å². The molecule has 442 valence electrons. The third-order valence-electron chi connectivity index (χ3n) is 12.7. The zero-order chi connectivity index (χ0) is 57.1. The molecule has 0 spiro atoms. The summed E-state index contributed by atoms with van der Waals surface area (Å²) in [5.41, 5.74) is 0. The van der Waals surface area contributed by atoms with Gasteiger partial charge >= 0.3 is 17.9 Å². The Morgan fingerprint density at radius 3 is 0.785 bits per heavy atom. The van der Waals surface area contributed by atoms with Crippen molar-refractivity contribution < 1.29 is 28.6 Å². The van der Waals surface area contributed by atoms with Crippen LogP contribution in [0.3, 0.4) is 0 Å². The second-order valence-corrected chi connectivity index (χ2v) is 20.2. The van der Waals surface area contributed by atoms with Crippen LogP contribution in [0.15, 0.2) is 170 Å². The van der Waals surface area contributed by atoms with E-state index in [1.807, 2.05) is 0 Å². The molecule has 6 nitrogen and oxygen atoms in total. The first kappa shape index (κ1) is 73.8. The van der Waals surface area contributed by atoms with Gasteiger partial charge in [-0.05, 0) is 154 Å². The van der Waals surface area contributed by atoms with Crippen LogP contribution in [0, 0.1) is 0 Å². The normalized spacial score (nSPS) is 13.3. The maximum atomic E-state index is 12.9. The van der Waals surface area contributed by atoms with E-state index in [1.54, 1.807) is 0 Å². The fourth-order valence-electron chi connectivity index (χ4n) is 8.01. The fraction of sp³-hybridized carbons (Fsp3) is 0.575. The molecule has 79 heavy (non-hydrogen) atoms. The van der Waals surface area contributed by atoms with E-state index < -0.39 is 6.10 Å². The standard InChI is InChI=1S/C73H114O6/c1-4-7-10-13-16-19-22-25-28-29-30-31-32-33-34-35-36-37-38-39-40-41-42-43-46-48-51-54-57-60-63-66-72(75)78-69-70(79-73(76)67-64-61-58-55-52-49-45-27-24-21-18-15-12-9-6-3)68-77-71(74)65-62-59-56-53-50-47-44-26-23-20-17-14-11-8-5-2/h7,9-10,12,16-21,25-28,30-31,33-34,36-37,39-40,42-45,48,51,70H,4-6,8,11,13-15,22-24,29,32,35,38,41,46-47,49-50,52-69H2,1-3H3/b10-7-,12-9-,19-16-,20-17-,21-18-,28-25-,31-30-,34-33-,37-36-,40-39-,43-42-,44-26-,45-27-,51-48-. The fourth-order valence-corrected chi connectivity index (χ4v) is 8.01. The van der Waals surface area contributed by atoms with Crippen LogP contribution in [-0.4, -0.2) is 37.2 Å². The number of allylic oxidation sites excluding steroid dienone is 28. The lowest BCUT2D eigenvalue weighted by Gasteiger charge is -2.18. The molecular formula is C73H114O6. The smallest absolute Gasteiger partial charge is 0.306 e. The van der Waals surface area contributed by atoms with Crippen LogP contribution in [0.5, 0.6) is 0 Å². The summed E-state index contributed by atoms with van der Waals surface area (Å²) in [5.74, 6) is -0.981. The average Bonchev–Trinajstić information content (AvgIpc) is 3.45. The summed E-state index contributed by atoms with van der Waals surface area (Å²) in [6, 6.07) is 0. The Balaban J connectivity index is 4.44. The number of esters is 3. The van der Waals surface area contributed by atoms with E-state index in [4.69, 9.17) is 14.2 Å². The van der Waals surface area contributed by atoms with Gasteiger partial charge in [0.15, 0.2) is 6.10 Å². The molecule has 0 aromatic carbocycles. The van der Waals surface area contributed by atoms with Crippen molar-refractivity contribution in [2.24, 2.45) is 0 Å². The Labute approximate surface area is 485 Å². The van der Waals surface area contributed by atoms with Crippen LogP contribution in [0.2, 0.25) is 0 Å². The maximum absolute atomic E-state index is 12.9. The maximum Gasteiger partial charge on any atom is 0.306 e. The van der Waals surface area contributed by atoms with Gasteiger partial charge < -0.3 is 14.2 Å². The molecule has 1 unspecified atom stereocenters. The largest absolute Gasteiger partial charge is 0.462 e. The monoisotopic (exact) mass is 1090 g/mol. The third kappa shape index (κ3) is 63.5. The predicted octanol–water partition coefficient (Wildman–Crippen LogP) is 21.9. The van der Waals surface area contributed by atoms with Gasteiger partial charge in [-0.2, -0.15) is 0 Å². The lowest BCUT2D eigenvalue weighted by Crippen LogP contribution is -2.30. The van der Waals surface area contributed by atoms with Gasteiger partial charge in [0, 0.05) is 19.3 Å². The molecule has 0 radical (unpaired) electrons. The highest BCUT2D eigenvalue weighted by molar-refractivity contribution is 5.71. The Morgan fingerprint density at radius 2 is 0.494 bits per heavy atom. The molecule has 0 aromatic heterocycles. The van der Waals surface area contributed by atoms with Crippen LogP contribution in [0.4, 0.5) is 0 Å². The van der Waals surface area contributed by atoms with Crippen LogP contribution in [0.1, 0.15) is 252 Å². The number of hydrogen-bond acceptors (Lipinski definition) is 6. The van der Waals surface area contributed by atoms with Crippen LogP contribution >= 0.6 is 0 Å². The topological polar surface area (TPSA) is 78.9 Å². The molecule has 1 atom stereocenters. The van der Waals surface area contributed by atoms with Gasteiger partial charge in [0.1, 0.15) is 13.2 Å².